The fraction of sp³-hybridized carbons (Fsp3) is 0.0417. The fourth-order valence-electron chi connectivity index (χ4n) is 2.98. The first-order valence-electron chi connectivity index (χ1n) is 8.66. The van der Waals surface area contributed by atoms with E-state index in [1.165, 1.54) is 5.56 Å². The van der Waals surface area contributed by atoms with Gasteiger partial charge in [-0.05, 0) is 48.6 Å². The third kappa shape index (κ3) is 4.33. The van der Waals surface area contributed by atoms with E-state index in [2.05, 4.69) is 83.5 Å². The van der Waals surface area contributed by atoms with E-state index in [0.717, 1.165) is 28.3 Å². The number of para-hydroxylation sites is 1. The summed E-state index contributed by atoms with van der Waals surface area (Å²) in [6.07, 6.45) is 1.81. The number of hydrogen-bond acceptors (Lipinski definition) is 2. The first-order valence-corrected chi connectivity index (χ1v) is 8.66. The SMILES string of the molecule is Cc1ccc(N(c2ccccc2)c2cc[c-]c(-c3ccccn3)c2)cc1.[Ir]. The summed E-state index contributed by atoms with van der Waals surface area (Å²) >= 11 is 0. The van der Waals surface area contributed by atoms with Crippen LogP contribution in [-0.2, 0) is 20.1 Å². The predicted octanol–water partition coefficient (Wildman–Crippen LogP) is 6.32. The van der Waals surface area contributed by atoms with Gasteiger partial charge in [0.2, 0.25) is 0 Å². The first kappa shape index (κ1) is 19.0. The quantitative estimate of drug-likeness (QED) is 0.289. The van der Waals surface area contributed by atoms with Crippen LogP contribution in [0.5, 0.6) is 0 Å². The molecule has 4 rings (SSSR count). The largest absolute Gasteiger partial charge is 0.328 e. The summed E-state index contributed by atoms with van der Waals surface area (Å²) in [7, 11) is 0. The number of nitrogens with zero attached hydrogens (tertiary/aromatic N) is 2. The van der Waals surface area contributed by atoms with Crippen LogP contribution in [0.25, 0.3) is 11.3 Å². The molecule has 3 heteroatoms. The van der Waals surface area contributed by atoms with Gasteiger partial charge in [0.25, 0.3) is 0 Å². The molecule has 0 saturated carbocycles. The molecule has 0 aliphatic heterocycles. The smallest absolute Gasteiger partial charge is 0.0444 e. The number of hydrogen-bond donors (Lipinski definition) is 0. The third-order valence-electron chi connectivity index (χ3n) is 4.29. The topological polar surface area (TPSA) is 16.1 Å². The minimum atomic E-state index is 0. The van der Waals surface area contributed by atoms with E-state index < -0.39 is 0 Å². The van der Waals surface area contributed by atoms with Crippen molar-refractivity contribution in [3.63, 3.8) is 0 Å². The summed E-state index contributed by atoms with van der Waals surface area (Å²) in [6, 6.07) is 34.4. The van der Waals surface area contributed by atoms with Crippen LogP contribution < -0.4 is 4.90 Å². The molecule has 0 fully saturated rings. The van der Waals surface area contributed by atoms with Crippen molar-refractivity contribution in [1.82, 2.24) is 4.98 Å². The normalized spacial score (nSPS) is 10.1. The Bertz CT molecular complexity index is 984. The Balaban J connectivity index is 0.00000210. The van der Waals surface area contributed by atoms with Crippen LogP contribution in [0.2, 0.25) is 0 Å². The second-order valence-electron chi connectivity index (χ2n) is 6.18. The molecule has 0 amide bonds. The van der Waals surface area contributed by atoms with Gasteiger partial charge in [-0.15, -0.1) is 29.8 Å². The zero-order valence-electron chi connectivity index (χ0n) is 15.0. The minimum Gasteiger partial charge on any atom is -0.328 e. The zero-order valence-corrected chi connectivity index (χ0v) is 17.4. The average Bonchev–Trinajstić information content (AvgIpc) is 2.71. The van der Waals surface area contributed by atoms with Gasteiger partial charge < -0.3 is 9.88 Å². The molecule has 0 atom stereocenters. The van der Waals surface area contributed by atoms with Crippen LogP contribution in [-0.4, -0.2) is 4.98 Å². The van der Waals surface area contributed by atoms with Crippen molar-refractivity contribution < 1.29 is 20.1 Å². The molecule has 0 aliphatic rings. The Morgan fingerprint density at radius 3 is 2.15 bits per heavy atom. The van der Waals surface area contributed by atoms with Gasteiger partial charge in [-0.3, -0.25) is 0 Å². The van der Waals surface area contributed by atoms with Crippen LogP contribution in [0.3, 0.4) is 0 Å². The number of aromatic nitrogens is 1. The van der Waals surface area contributed by atoms with E-state index in [4.69, 9.17) is 0 Å². The molecule has 1 radical (unpaired) electrons. The van der Waals surface area contributed by atoms with Crippen molar-refractivity contribution in [1.29, 1.82) is 0 Å². The monoisotopic (exact) mass is 528 g/mol. The van der Waals surface area contributed by atoms with E-state index in [9.17, 15) is 0 Å². The van der Waals surface area contributed by atoms with Crippen LogP contribution in [0.4, 0.5) is 17.1 Å². The Labute approximate surface area is 173 Å². The van der Waals surface area contributed by atoms with Crippen LogP contribution in [0.1, 0.15) is 5.56 Å². The summed E-state index contributed by atoms with van der Waals surface area (Å²) in [5.74, 6) is 0. The number of benzene rings is 3. The second-order valence-corrected chi connectivity index (χ2v) is 6.18. The predicted molar refractivity (Wildman–Crippen MR) is 108 cm³/mol. The van der Waals surface area contributed by atoms with Crippen LogP contribution >= 0.6 is 0 Å². The van der Waals surface area contributed by atoms with Crippen molar-refractivity contribution in [2.24, 2.45) is 0 Å². The number of anilines is 3. The maximum absolute atomic E-state index is 4.46. The molecule has 135 valence electrons. The van der Waals surface area contributed by atoms with Gasteiger partial charge in [0.05, 0.1) is 0 Å². The summed E-state index contributed by atoms with van der Waals surface area (Å²) in [5.41, 5.74) is 6.48. The van der Waals surface area contributed by atoms with Gasteiger partial charge in [-0.25, -0.2) is 0 Å². The molecule has 0 aliphatic carbocycles. The van der Waals surface area contributed by atoms with E-state index in [0.29, 0.717) is 0 Å². The van der Waals surface area contributed by atoms with Gasteiger partial charge in [-0.1, -0.05) is 48.0 Å². The molecule has 0 bridgehead atoms. The molecule has 2 nitrogen and oxygen atoms in total. The molecule has 0 N–H and O–H groups in total. The molecular formula is C24H19IrN2-. The van der Waals surface area contributed by atoms with Crippen LogP contribution in [0.15, 0.2) is 97.2 Å². The van der Waals surface area contributed by atoms with Gasteiger partial charge in [0, 0.05) is 37.7 Å². The molecule has 3 aromatic carbocycles. The van der Waals surface area contributed by atoms with Crippen molar-refractivity contribution in [2.75, 3.05) is 4.90 Å². The van der Waals surface area contributed by atoms with Crippen molar-refractivity contribution in [2.45, 2.75) is 6.92 Å². The number of aryl methyl sites for hydroxylation is 1. The van der Waals surface area contributed by atoms with Gasteiger partial charge in [0.1, 0.15) is 0 Å². The number of rotatable bonds is 4. The Morgan fingerprint density at radius 2 is 1.44 bits per heavy atom. The molecule has 27 heavy (non-hydrogen) atoms. The van der Waals surface area contributed by atoms with Crippen LogP contribution in [0, 0.1) is 13.0 Å². The van der Waals surface area contributed by atoms with Crippen molar-refractivity contribution in [3.8, 4) is 11.3 Å². The molecule has 1 heterocycles. The molecular weight excluding hydrogens is 508 g/mol. The van der Waals surface area contributed by atoms with E-state index in [1.807, 2.05) is 36.5 Å². The summed E-state index contributed by atoms with van der Waals surface area (Å²) in [6.45, 7) is 2.10. The molecule has 1 aromatic heterocycles. The van der Waals surface area contributed by atoms with Gasteiger partial charge in [0.15, 0.2) is 0 Å². The Hall–Kier alpha value is -2.74. The standard InChI is InChI=1S/C24H19N2.Ir/c1-19-13-15-22(16-14-19)26(21-9-3-2-4-10-21)23-11-7-8-20(18-23)24-12-5-6-17-25-24;/h2-7,9-18H,1H3;/q-1;. The van der Waals surface area contributed by atoms with Gasteiger partial charge >= 0.3 is 0 Å². The summed E-state index contributed by atoms with van der Waals surface area (Å²) in [5, 5.41) is 0. The summed E-state index contributed by atoms with van der Waals surface area (Å²) < 4.78 is 0. The Kier molecular flexibility index (Phi) is 6.18. The summed E-state index contributed by atoms with van der Waals surface area (Å²) in [4.78, 5) is 6.71. The molecule has 4 aromatic rings. The maximum atomic E-state index is 4.46. The minimum absolute atomic E-state index is 0. The van der Waals surface area contributed by atoms with E-state index >= 15 is 0 Å². The maximum Gasteiger partial charge on any atom is 0.0444 e. The average molecular weight is 528 g/mol. The van der Waals surface area contributed by atoms with E-state index in [-0.39, 0.29) is 20.1 Å². The molecule has 0 unspecified atom stereocenters. The van der Waals surface area contributed by atoms with Gasteiger partial charge in [-0.2, -0.15) is 0 Å². The van der Waals surface area contributed by atoms with Crippen molar-refractivity contribution >= 4 is 17.1 Å². The number of pyridine rings is 1. The fourth-order valence-corrected chi connectivity index (χ4v) is 2.98. The van der Waals surface area contributed by atoms with E-state index in [1.54, 1.807) is 0 Å². The Morgan fingerprint density at radius 1 is 0.741 bits per heavy atom. The zero-order chi connectivity index (χ0) is 17.8. The third-order valence-corrected chi connectivity index (χ3v) is 4.29. The molecule has 0 spiro atoms. The molecule has 0 saturated heterocycles. The van der Waals surface area contributed by atoms with Crippen molar-refractivity contribution in [3.05, 3.63) is 109 Å². The second kappa shape index (κ2) is 8.77. The first-order chi connectivity index (χ1) is 12.8.